The first-order valence-electron chi connectivity index (χ1n) is 6.51. The minimum Gasteiger partial charge on any atom is -0.395 e. The van der Waals surface area contributed by atoms with Crippen molar-refractivity contribution in [3.63, 3.8) is 0 Å². The standard InChI is InChI=1S/C15H23NO/c1-11(10-17)16-14-8-9-15(2,3)13-7-5-4-6-12(13)14/h4-7,11,14,16-17H,8-10H2,1-3H3/t11-,14?/m1/s1. The Balaban J connectivity index is 2.28. The fourth-order valence-corrected chi connectivity index (χ4v) is 2.78. The summed E-state index contributed by atoms with van der Waals surface area (Å²) in [5.41, 5.74) is 3.13. The van der Waals surface area contributed by atoms with Gasteiger partial charge in [0.05, 0.1) is 6.61 Å². The lowest BCUT2D eigenvalue weighted by Gasteiger charge is -2.38. The van der Waals surface area contributed by atoms with Crippen molar-refractivity contribution in [1.82, 2.24) is 5.32 Å². The lowest BCUT2D eigenvalue weighted by atomic mass is 9.71. The number of rotatable bonds is 3. The third kappa shape index (κ3) is 2.53. The number of fused-ring (bicyclic) bond motifs is 1. The van der Waals surface area contributed by atoms with E-state index in [1.165, 1.54) is 17.5 Å². The molecule has 0 aromatic heterocycles. The summed E-state index contributed by atoms with van der Waals surface area (Å²) in [7, 11) is 0. The third-order valence-corrected chi connectivity index (χ3v) is 3.88. The highest BCUT2D eigenvalue weighted by Crippen LogP contribution is 2.41. The molecule has 2 N–H and O–H groups in total. The maximum atomic E-state index is 9.15. The Morgan fingerprint density at radius 2 is 2.12 bits per heavy atom. The number of nitrogens with one attached hydrogen (secondary N) is 1. The van der Waals surface area contributed by atoms with Crippen LogP contribution >= 0.6 is 0 Å². The minimum atomic E-state index is 0.161. The Kier molecular flexibility index (Phi) is 3.55. The smallest absolute Gasteiger partial charge is 0.0582 e. The van der Waals surface area contributed by atoms with E-state index in [-0.39, 0.29) is 18.1 Å². The molecule has 1 unspecified atom stereocenters. The fourth-order valence-electron chi connectivity index (χ4n) is 2.78. The summed E-state index contributed by atoms with van der Waals surface area (Å²) in [6, 6.07) is 9.25. The zero-order valence-corrected chi connectivity index (χ0v) is 11.0. The first-order chi connectivity index (χ1) is 8.04. The Morgan fingerprint density at radius 3 is 2.82 bits per heavy atom. The number of hydrogen-bond acceptors (Lipinski definition) is 2. The molecule has 0 saturated carbocycles. The van der Waals surface area contributed by atoms with Gasteiger partial charge in [0.2, 0.25) is 0 Å². The SMILES string of the molecule is C[C@H](CO)NC1CCC(C)(C)c2ccccc21. The van der Waals surface area contributed by atoms with Gasteiger partial charge < -0.3 is 10.4 Å². The van der Waals surface area contributed by atoms with Crippen molar-refractivity contribution in [3.05, 3.63) is 35.4 Å². The molecule has 0 amide bonds. The van der Waals surface area contributed by atoms with E-state index in [0.717, 1.165) is 6.42 Å². The third-order valence-electron chi connectivity index (χ3n) is 3.88. The molecule has 1 aromatic rings. The highest BCUT2D eigenvalue weighted by molar-refractivity contribution is 5.38. The van der Waals surface area contributed by atoms with Crippen LogP contribution < -0.4 is 5.32 Å². The maximum Gasteiger partial charge on any atom is 0.0582 e. The molecular weight excluding hydrogens is 210 g/mol. The predicted molar refractivity (Wildman–Crippen MR) is 71.1 cm³/mol. The van der Waals surface area contributed by atoms with Crippen molar-refractivity contribution < 1.29 is 5.11 Å². The molecular formula is C15H23NO. The van der Waals surface area contributed by atoms with Gasteiger partial charge >= 0.3 is 0 Å². The van der Waals surface area contributed by atoms with Gasteiger partial charge in [0, 0.05) is 12.1 Å². The van der Waals surface area contributed by atoms with Gasteiger partial charge in [0.15, 0.2) is 0 Å². The van der Waals surface area contributed by atoms with E-state index in [9.17, 15) is 0 Å². The van der Waals surface area contributed by atoms with Crippen LogP contribution in [0.2, 0.25) is 0 Å². The second-order valence-electron chi connectivity index (χ2n) is 5.81. The van der Waals surface area contributed by atoms with Crippen LogP contribution in [-0.2, 0) is 5.41 Å². The molecule has 1 aliphatic carbocycles. The summed E-state index contributed by atoms with van der Waals surface area (Å²) in [4.78, 5) is 0. The average Bonchev–Trinajstić information content (AvgIpc) is 2.33. The largest absolute Gasteiger partial charge is 0.395 e. The summed E-state index contributed by atoms with van der Waals surface area (Å²) < 4.78 is 0. The number of hydrogen-bond donors (Lipinski definition) is 2. The Labute approximate surface area is 104 Å². The van der Waals surface area contributed by atoms with Crippen LogP contribution in [-0.4, -0.2) is 17.8 Å². The second-order valence-corrected chi connectivity index (χ2v) is 5.81. The molecule has 2 rings (SSSR count). The van der Waals surface area contributed by atoms with Crippen molar-refractivity contribution >= 4 is 0 Å². The van der Waals surface area contributed by atoms with Crippen LogP contribution in [0, 0.1) is 0 Å². The monoisotopic (exact) mass is 233 g/mol. The molecule has 17 heavy (non-hydrogen) atoms. The Hall–Kier alpha value is -0.860. The van der Waals surface area contributed by atoms with E-state index >= 15 is 0 Å². The molecule has 0 bridgehead atoms. The van der Waals surface area contributed by atoms with Gasteiger partial charge in [-0.05, 0) is 36.3 Å². The molecule has 0 aliphatic heterocycles. The average molecular weight is 233 g/mol. The normalized spacial score (nSPS) is 24.1. The highest BCUT2D eigenvalue weighted by atomic mass is 16.3. The van der Waals surface area contributed by atoms with Crippen molar-refractivity contribution in [3.8, 4) is 0 Å². The predicted octanol–water partition coefficient (Wildman–Crippen LogP) is 2.77. The van der Waals surface area contributed by atoms with Gasteiger partial charge in [-0.3, -0.25) is 0 Å². The zero-order valence-electron chi connectivity index (χ0n) is 11.0. The summed E-state index contributed by atoms with van der Waals surface area (Å²) in [5, 5.41) is 12.7. The Bertz CT molecular complexity index is 386. The lowest BCUT2D eigenvalue weighted by molar-refractivity contribution is 0.230. The van der Waals surface area contributed by atoms with Gasteiger partial charge in [0.1, 0.15) is 0 Å². The van der Waals surface area contributed by atoms with Crippen molar-refractivity contribution in [2.45, 2.75) is 51.1 Å². The Morgan fingerprint density at radius 1 is 1.41 bits per heavy atom. The number of aliphatic hydroxyl groups is 1. The molecule has 2 heteroatoms. The van der Waals surface area contributed by atoms with Crippen molar-refractivity contribution in [2.24, 2.45) is 0 Å². The van der Waals surface area contributed by atoms with Crippen LogP contribution in [0.5, 0.6) is 0 Å². The summed E-state index contributed by atoms with van der Waals surface area (Å²) in [6.45, 7) is 6.86. The molecule has 1 aromatic carbocycles. The zero-order chi connectivity index (χ0) is 12.5. The molecule has 0 fully saturated rings. The van der Waals surface area contributed by atoms with Crippen LogP contribution in [0.1, 0.15) is 50.8 Å². The van der Waals surface area contributed by atoms with Crippen LogP contribution in [0.25, 0.3) is 0 Å². The van der Waals surface area contributed by atoms with E-state index in [4.69, 9.17) is 5.11 Å². The van der Waals surface area contributed by atoms with E-state index in [1.807, 2.05) is 6.92 Å². The van der Waals surface area contributed by atoms with Crippen LogP contribution in [0.4, 0.5) is 0 Å². The van der Waals surface area contributed by atoms with E-state index in [0.29, 0.717) is 6.04 Å². The first-order valence-corrected chi connectivity index (χ1v) is 6.51. The van der Waals surface area contributed by atoms with Gasteiger partial charge in [-0.1, -0.05) is 38.1 Å². The molecule has 0 radical (unpaired) electrons. The summed E-state index contributed by atoms with van der Waals surface area (Å²) in [5.74, 6) is 0. The van der Waals surface area contributed by atoms with Crippen molar-refractivity contribution in [1.29, 1.82) is 0 Å². The molecule has 2 atom stereocenters. The lowest BCUT2D eigenvalue weighted by Crippen LogP contribution is -2.38. The van der Waals surface area contributed by atoms with Gasteiger partial charge in [-0.2, -0.15) is 0 Å². The van der Waals surface area contributed by atoms with Crippen LogP contribution in [0.15, 0.2) is 24.3 Å². The number of aliphatic hydroxyl groups excluding tert-OH is 1. The quantitative estimate of drug-likeness (QED) is 0.841. The van der Waals surface area contributed by atoms with Gasteiger partial charge in [-0.15, -0.1) is 0 Å². The van der Waals surface area contributed by atoms with E-state index in [1.54, 1.807) is 0 Å². The van der Waals surface area contributed by atoms with Crippen molar-refractivity contribution in [2.75, 3.05) is 6.61 Å². The molecule has 0 saturated heterocycles. The van der Waals surface area contributed by atoms with Crippen LogP contribution in [0.3, 0.4) is 0 Å². The number of benzene rings is 1. The minimum absolute atomic E-state index is 0.161. The molecule has 1 aliphatic rings. The topological polar surface area (TPSA) is 32.3 Å². The fraction of sp³-hybridized carbons (Fsp3) is 0.600. The molecule has 94 valence electrons. The van der Waals surface area contributed by atoms with E-state index < -0.39 is 0 Å². The summed E-state index contributed by atoms with van der Waals surface area (Å²) >= 11 is 0. The molecule has 0 heterocycles. The molecule has 2 nitrogen and oxygen atoms in total. The first kappa shape index (κ1) is 12.6. The molecule has 0 spiro atoms. The van der Waals surface area contributed by atoms with Gasteiger partial charge in [-0.25, -0.2) is 0 Å². The van der Waals surface area contributed by atoms with Gasteiger partial charge in [0.25, 0.3) is 0 Å². The second kappa shape index (κ2) is 4.79. The maximum absolute atomic E-state index is 9.15. The summed E-state index contributed by atoms with van der Waals surface area (Å²) in [6.07, 6.45) is 2.34. The highest BCUT2D eigenvalue weighted by Gasteiger charge is 2.32. The van der Waals surface area contributed by atoms with E-state index in [2.05, 4.69) is 43.4 Å².